The molecule has 4 heteroatoms. The molecule has 1 aliphatic rings. The van der Waals surface area contributed by atoms with Crippen LogP contribution in [0.25, 0.3) is 0 Å². The molecule has 1 unspecified atom stereocenters. The number of thioether (sulfide) groups is 1. The summed E-state index contributed by atoms with van der Waals surface area (Å²) >= 11 is 1.95. The van der Waals surface area contributed by atoms with Gasteiger partial charge in [-0.1, -0.05) is 6.42 Å². The zero-order valence-electron chi connectivity index (χ0n) is 12.3. The van der Waals surface area contributed by atoms with Gasteiger partial charge in [-0.2, -0.15) is 11.8 Å². The van der Waals surface area contributed by atoms with E-state index in [0.29, 0.717) is 12.1 Å². The van der Waals surface area contributed by atoms with Crippen LogP contribution in [0.3, 0.4) is 0 Å². The molecule has 0 radical (unpaired) electrons. The van der Waals surface area contributed by atoms with Gasteiger partial charge in [0.05, 0.1) is 12.7 Å². The molecule has 108 valence electrons. The Kier molecular flexibility index (Phi) is 9.11. The zero-order chi connectivity index (χ0) is 13.2. The van der Waals surface area contributed by atoms with Gasteiger partial charge in [0, 0.05) is 25.7 Å². The number of ether oxygens (including phenoxy) is 1. The first-order valence-electron chi connectivity index (χ1n) is 7.29. The van der Waals surface area contributed by atoms with Crippen molar-refractivity contribution in [3.63, 3.8) is 0 Å². The lowest BCUT2D eigenvalue weighted by Gasteiger charge is -2.35. The van der Waals surface area contributed by atoms with Gasteiger partial charge in [0.1, 0.15) is 0 Å². The monoisotopic (exact) mass is 274 g/mol. The topological polar surface area (TPSA) is 24.5 Å². The number of hydrogen-bond donors (Lipinski definition) is 1. The molecule has 1 atom stereocenters. The average Bonchev–Trinajstić information content (AvgIpc) is 2.38. The molecule has 1 aliphatic heterocycles. The number of nitrogens with zero attached hydrogens (tertiary/aromatic N) is 1. The molecule has 1 rings (SSSR count). The highest BCUT2D eigenvalue weighted by atomic mass is 32.2. The first-order chi connectivity index (χ1) is 8.74. The van der Waals surface area contributed by atoms with Crippen molar-refractivity contribution >= 4 is 11.8 Å². The molecule has 0 aromatic rings. The zero-order valence-corrected chi connectivity index (χ0v) is 13.1. The van der Waals surface area contributed by atoms with Crippen molar-refractivity contribution in [3.05, 3.63) is 0 Å². The Morgan fingerprint density at radius 3 is 2.89 bits per heavy atom. The van der Waals surface area contributed by atoms with E-state index < -0.39 is 0 Å². The van der Waals surface area contributed by atoms with Gasteiger partial charge in [-0.3, -0.25) is 4.90 Å². The SMILES string of the molecule is CSCCCCCNCC1CN(C(C)C)CCO1. The fraction of sp³-hybridized carbons (Fsp3) is 1.00. The van der Waals surface area contributed by atoms with Gasteiger partial charge < -0.3 is 10.1 Å². The lowest BCUT2D eigenvalue weighted by Crippen LogP contribution is -2.49. The quantitative estimate of drug-likeness (QED) is 0.652. The minimum atomic E-state index is 0.382. The van der Waals surface area contributed by atoms with Crippen LogP contribution in [-0.4, -0.2) is 61.8 Å². The van der Waals surface area contributed by atoms with E-state index in [1.54, 1.807) is 0 Å². The first-order valence-corrected chi connectivity index (χ1v) is 8.68. The summed E-state index contributed by atoms with van der Waals surface area (Å²) in [6.45, 7) is 9.73. The smallest absolute Gasteiger partial charge is 0.0826 e. The number of unbranched alkanes of at least 4 members (excludes halogenated alkanes) is 2. The molecular formula is C14H30N2OS. The van der Waals surface area contributed by atoms with Gasteiger partial charge in [-0.25, -0.2) is 0 Å². The Morgan fingerprint density at radius 2 is 2.17 bits per heavy atom. The van der Waals surface area contributed by atoms with Crippen molar-refractivity contribution < 1.29 is 4.74 Å². The van der Waals surface area contributed by atoms with Gasteiger partial charge in [-0.05, 0) is 45.2 Å². The standard InChI is InChI=1S/C14H30N2OS/c1-13(2)16-8-9-17-14(12-16)11-15-7-5-4-6-10-18-3/h13-15H,4-12H2,1-3H3. The van der Waals surface area contributed by atoms with Gasteiger partial charge in [0.25, 0.3) is 0 Å². The Bertz CT molecular complexity index is 202. The molecule has 0 aromatic heterocycles. The average molecular weight is 274 g/mol. The van der Waals surface area contributed by atoms with Crippen molar-refractivity contribution in [1.82, 2.24) is 10.2 Å². The number of nitrogens with one attached hydrogen (secondary N) is 1. The maximum absolute atomic E-state index is 5.80. The predicted molar refractivity (Wildman–Crippen MR) is 81.6 cm³/mol. The summed E-state index contributed by atoms with van der Waals surface area (Å²) in [5.74, 6) is 1.30. The molecule has 3 nitrogen and oxygen atoms in total. The minimum absolute atomic E-state index is 0.382. The number of hydrogen-bond acceptors (Lipinski definition) is 4. The highest BCUT2D eigenvalue weighted by Gasteiger charge is 2.21. The molecule has 0 saturated carbocycles. The fourth-order valence-corrected chi connectivity index (χ4v) is 2.76. The summed E-state index contributed by atoms with van der Waals surface area (Å²) < 4.78 is 5.80. The third kappa shape index (κ3) is 6.98. The van der Waals surface area contributed by atoms with E-state index >= 15 is 0 Å². The van der Waals surface area contributed by atoms with Gasteiger partial charge in [-0.15, -0.1) is 0 Å². The van der Waals surface area contributed by atoms with Crippen LogP contribution in [-0.2, 0) is 4.74 Å². The molecule has 0 bridgehead atoms. The van der Waals surface area contributed by atoms with E-state index in [0.717, 1.165) is 32.8 Å². The number of morpholine rings is 1. The highest BCUT2D eigenvalue weighted by molar-refractivity contribution is 7.98. The second-order valence-electron chi connectivity index (χ2n) is 5.34. The first kappa shape index (κ1) is 16.3. The van der Waals surface area contributed by atoms with Crippen molar-refractivity contribution in [2.24, 2.45) is 0 Å². The van der Waals surface area contributed by atoms with Gasteiger partial charge >= 0.3 is 0 Å². The van der Waals surface area contributed by atoms with Gasteiger partial charge in [0.15, 0.2) is 0 Å². The Hall–Kier alpha value is 0.230. The van der Waals surface area contributed by atoms with Crippen LogP contribution in [0.15, 0.2) is 0 Å². The van der Waals surface area contributed by atoms with E-state index in [9.17, 15) is 0 Å². The Labute approximate surface area is 117 Å². The van der Waals surface area contributed by atoms with E-state index in [2.05, 4.69) is 30.3 Å². The van der Waals surface area contributed by atoms with Crippen molar-refractivity contribution in [2.75, 3.05) is 44.8 Å². The molecule has 1 heterocycles. The second kappa shape index (κ2) is 10.1. The van der Waals surface area contributed by atoms with Gasteiger partial charge in [0.2, 0.25) is 0 Å². The molecule has 0 spiro atoms. The molecule has 18 heavy (non-hydrogen) atoms. The summed E-state index contributed by atoms with van der Waals surface area (Å²) in [6.07, 6.45) is 6.55. The van der Waals surface area contributed by atoms with E-state index in [-0.39, 0.29) is 0 Å². The molecule has 1 fully saturated rings. The Balaban J connectivity index is 1.98. The van der Waals surface area contributed by atoms with E-state index in [4.69, 9.17) is 4.74 Å². The summed E-state index contributed by atoms with van der Waals surface area (Å²) in [4.78, 5) is 2.51. The third-order valence-electron chi connectivity index (χ3n) is 3.47. The summed E-state index contributed by atoms with van der Waals surface area (Å²) in [5.41, 5.74) is 0. The van der Waals surface area contributed by atoms with E-state index in [1.807, 2.05) is 11.8 Å². The van der Waals surface area contributed by atoms with Crippen LogP contribution in [0, 0.1) is 0 Å². The van der Waals surface area contributed by atoms with Crippen molar-refractivity contribution in [2.45, 2.75) is 45.3 Å². The maximum Gasteiger partial charge on any atom is 0.0826 e. The lowest BCUT2D eigenvalue weighted by atomic mass is 10.2. The van der Waals surface area contributed by atoms with Crippen molar-refractivity contribution in [1.29, 1.82) is 0 Å². The van der Waals surface area contributed by atoms with Crippen LogP contribution < -0.4 is 5.32 Å². The second-order valence-corrected chi connectivity index (χ2v) is 6.32. The van der Waals surface area contributed by atoms with Crippen molar-refractivity contribution in [3.8, 4) is 0 Å². The molecular weight excluding hydrogens is 244 g/mol. The minimum Gasteiger partial charge on any atom is -0.374 e. The molecule has 0 amide bonds. The highest BCUT2D eigenvalue weighted by Crippen LogP contribution is 2.08. The summed E-state index contributed by atoms with van der Waals surface area (Å²) in [6, 6.07) is 0.642. The summed E-state index contributed by atoms with van der Waals surface area (Å²) in [7, 11) is 0. The van der Waals surface area contributed by atoms with Crippen LogP contribution in [0.4, 0.5) is 0 Å². The van der Waals surface area contributed by atoms with Crippen LogP contribution in [0.1, 0.15) is 33.1 Å². The summed E-state index contributed by atoms with van der Waals surface area (Å²) in [5, 5.41) is 3.53. The van der Waals surface area contributed by atoms with Crippen LogP contribution >= 0.6 is 11.8 Å². The number of rotatable bonds is 9. The molecule has 0 aromatic carbocycles. The van der Waals surface area contributed by atoms with Crippen LogP contribution in [0.2, 0.25) is 0 Å². The predicted octanol–water partition coefficient (Wildman–Crippen LogP) is 2.22. The largest absolute Gasteiger partial charge is 0.374 e. The fourth-order valence-electron chi connectivity index (χ4n) is 2.27. The lowest BCUT2D eigenvalue weighted by molar-refractivity contribution is -0.0370. The normalized spacial score (nSPS) is 21.7. The molecule has 1 saturated heterocycles. The Morgan fingerprint density at radius 1 is 1.33 bits per heavy atom. The maximum atomic E-state index is 5.80. The van der Waals surface area contributed by atoms with E-state index in [1.165, 1.54) is 25.0 Å². The van der Waals surface area contributed by atoms with Crippen LogP contribution in [0.5, 0.6) is 0 Å². The molecule has 1 N–H and O–H groups in total. The molecule has 0 aliphatic carbocycles. The third-order valence-corrected chi connectivity index (χ3v) is 4.17.